The second-order valence-electron chi connectivity index (χ2n) is 4.88. The SMILES string of the molecule is CCOc1ccc(NCC(=O)N/N=C/c2cccc(OC)c2)cc1. The fourth-order valence-corrected chi connectivity index (χ4v) is 1.96. The Labute approximate surface area is 141 Å². The van der Waals surface area contributed by atoms with Gasteiger partial charge in [0.05, 0.1) is 26.5 Å². The quantitative estimate of drug-likeness (QED) is 0.577. The number of methoxy groups -OCH3 is 1. The molecular weight excluding hydrogens is 306 g/mol. The largest absolute Gasteiger partial charge is 0.497 e. The number of ether oxygens (including phenoxy) is 2. The molecule has 24 heavy (non-hydrogen) atoms. The number of carbonyl (C=O) groups excluding carboxylic acids is 1. The van der Waals surface area contributed by atoms with Gasteiger partial charge >= 0.3 is 0 Å². The van der Waals surface area contributed by atoms with Crippen molar-refractivity contribution >= 4 is 17.8 Å². The van der Waals surface area contributed by atoms with Gasteiger partial charge in [-0.25, -0.2) is 5.43 Å². The smallest absolute Gasteiger partial charge is 0.259 e. The molecule has 2 aromatic rings. The highest BCUT2D eigenvalue weighted by Gasteiger charge is 2.00. The molecule has 0 aliphatic carbocycles. The van der Waals surface area contributed by atoms with Gasteiger partial charge < -0.3 is 14.8 Å². The molecule has 0 saturated carbocycles. The van der Waals surface area contributed by atoms with E-state index in [9.17, 15) is 4.79 Å². The molecule has 0 fully saturated rings. The number of hydrazone groups is 1. The number of carbonyl (C=O) groups is 1. The number of hydrogen-bond donors (Lipinski definition) is 2. The topological polar surface area (TPSA) is 72.0 Å². The molecule has 2 aromatic carbocycles. The zero-order valence-electron chi connectivity index (χ0n) is 13.8. The summed E-state index contributed by atoms with van der Waals surface area (Å²) in [6.07, 6.45) is 1.57. The Morgan fingerprint density at radius 2 is 1.96 bits per heavy atom. The third-order valence-electron chi connectivity index (χ3n) is 3.12. The average Bonchev–Trinajstić information content (AvgIpc) is 2.61. The number of nitrogens with one attached hydrogen (secondary N) is 2. The van der Waals surface area contributed by atoms with Crippen molar-refractivity contribution in [3.63, 3.8) is 0 Å². The lowest BCUT2D eigenvalue weighted by molar-refractivity contribution is -0.119. The van der Waals surface area contributed by atoms with Gasteiger partial charge in [-0.15, -0.1) is 0 Å². The molecule has 0 atom stereocenters. The first-order chi connectivity index (χ1) is 11.7. The lowest BCUT2D eigenvalue weighted by atomic mass is 10.2. The molecule has 126 valence electrons. The van der Waals surface area contributed by atoms with Crippen molar-refractivity contribution < 1.29 is 14.3 Å². The summed E-state index contributed by atoms with van der Waals surface area (Å²) in [5.41, 5.74) is 4.15. The van der Waals surface area contributed by atoms with Crippen molar-refractivity contribution in [2.24, 2.45) is 5.10 Å². The van der Waals surface area contributed by atoms with Crippen LogP contribution >= 0.6 is 0 Å². The highest BCUT2D eigenvalue weighted by Crippen LogP contribution is 2.15. The maximum atomic E-state index is 11.8. The summed E-state index contributed by atoms with van der Waals surface area (Å²) >= 11 is 0. The molecule has 0 saturated heterocycles. The summed E-state index contributed by atoms with van der Waals surface area (Å²) < 4.78 is 10.5. The Hall–Kier alpha value is -3.02. The van der Waals surface area contributed by atoms with E-state index in [0.717, 1.165) is 22.7 Å². The van der Waals surface area contributed by atoms with E-state index in [1.165, 1.54) is 0 Å². The van der Waals surface area contributed by atoms with Gasteiger partial charge in [0.1, 0.15) is 11.5 Å². The van der Waals surface area contributed by atoms with Crippen molar-refractivity contribution in [2.45, 2.75) is 6.92 Å². The Morgan fingerprint density at radius 1 is 1.17 bits per heavy atom. The Morgan fingerprint density at radius 3 is 2.67 bits per heavy atom. The molecule has 0 spiro atoms. The summed E-state index contributed by atoms with van der Waals surface area (Å²) in [7, 11) is 1.60. The number of nitrogens with zero attached hydrogens (tertiary/aromatic N) is 1. The third-order valence-corrected chi connectivity index (χ3v) is 3.12. The van der Waals surface area contributed by atoms with E-state index in [1.807, 2.05) is 55.5 Å². The molecule has 0 aliphatic rings. The summed E-state index contributed by atoms with van der Waals surface area (Å²) in [6.45, 7) is 2.69. The maximum absolute atomic E-state index is 11.8. The molecule has 0 unspecified atom stereocenters. The van der Waals surface area contributed by atoms with Gasteiger partial charge in [-0.05, 0) is 48.9 Å². The Bertz CT molecular complexity index is 684. The Kier molecular flexibility index (Phi) is 6.64. The molecule has 6 heteroatoms. The van der Waals surface area contributed by atoms with Crippen LogP contribution in [0.5, 0.6) is 11.5 Å². The van der Waals surface area contributed by atoms with Crippen LogP contribution in [0.2, 0.25) is 0 Å². The number of anilines is 1. The maximum Gasteiger partial charge on any atom is 0.259 e. The lowest BCUT2D eigenvalue weighted by Gasteiger charge is -2.07. The Balaban J connectivity index is 1.77. The van der Waals surface area contributed by atoms with E-state index >= 15 is 0 Å². The van der Waals surface area contributed by atoms with Crippen LogP contribution in [0.15, 0.2) is 53.6 Å². The van der Waals surface area contributed by atoms with Gasteiger partial charge in [-0.2, -0.15) is 5.10 Å². The third kappa shape index (κ3) is 5.64. The lowest BCUT2D eigenvalue weighted by Crippen LogP contribution is -2.25. The zero-order valence-corrected chi connectivity index (χ0v) is 13.8. The summed E-state index contributed by atoms with van der Waals surface area (Å²) in [4.78, 5) is 11.8. The van der Waals surface area contributed by atoms with E-state index < -0.39 is 0 Å². The fraction of sp³-hybridized carbons (Fsp3) is 0.222. The highest BCUT2D eigenvalue weighted by molar-refractivity contribution is 5.84. The first kappa shape index (κ1) is 17.3. The first-order valence-electron chi connectivity index (χ1n) is 7.64. The molecule has 0 aromatic heterocycles. The van der Waals surface area contributed by atoms with Gasteiger partial charge in [0.15, 0.2) is 0 Å². The number of rotatable bonds is 8. The van der Waals surface area contributed by atoms with Crippen LogP contribution in [0.1, 0.15) is 12.5 Å². The summed E-state index contributed by atoms with van der Waals surface area (Å²) in [5.74, 6) is 1.31. The molecule has 6 nitrogen and oxygen atoms in total. The predicted octanol–water partition coefficient (Wildman–Crippen LogP) is 2.66. The molecule has 1 amide bonds. The average molecular weight is 327 g/mol. The van der Waals surface area contributed by atoms with Crippen LogP contribution in [-0.2, 0) is 4.79 Å². The van der Waals surface area contributed by atoms with Crippen molar-refractivity contribution in [1.29, 1.82) is 0 Å². The van der Waals surface area contributed by atoms with Gasteiger partial charge in [0, 0.05) is 5.69 Å². The van der Waals surface area contributed by atoms with Crippen molar-refractivity contribution in [1.82, 2.24) is 5.43 Å². The first-order valence-corrected chi connectivity index (χ1v) is 7.64. The van der Waals surface area contributed by atoms with E-state index in [-0.39, 0.29) is 12.5 Å². The normalized spacial score (nSPS) is 10.4. The minimum absolute atomic E-state index is 0.128. The molecule has 0 aliphatic heterocycles. The van der Waals surface area contributed by atoms with Crippen LogP contribution in [0.3, 0.4) is 0 Å². The molecule has 2 rings (SSSR count). The fourth-order valence-electron chi connectivity index (χ4n) is 1.96. The van der Waals surface area contributed by atoms with Crippen molar-refractivity contribution in [3.05, 3.63) is 54.1 Å². The van der Waals surface area contributed by atoms with E-state index in [2.05, 4.69) is 15.8 Å². The van der Waals surface area contributed by atoms with Gasteiger partial charge in [0.25, 0.3) is 5.91 Å². The van der Waals surface area contributed by atoms with Crippen LogP contribution in [0.4, 0.5) is 5.69 Å². The molecule has 0 heterocycles. The summed E-state index contributed by atoms with van der Waals surface area (Å²) in [5, 5.41) is 6.95. The standard InChI is InChI=1S/C18H21N3O3/c1-3-24-16-9-7-15(8-10-16)19-13-18(22)21-20-12-14-5-4-6-17(11-14)23-2/h4-12,19H,3,13H2,1-2H3,(H,21,22)/b20-12+. The van der Waals surface area contributed by atoms with Crippen LogP contribution in [-0.4, -0.2) is 32.4 Å². The molecular formula is C18H21N3O3. The number of benzene rings is 2. The minimum Gasteiger partial charge on any atom is -0.497 e. The zero-order chi connectivity index (χ0) is 17.2. The van der Waals surface area contributed by atoms with Gasteiger partial charge in [-0.1, -0.05) is 12.1 Å². The van der Waals surface area contributed by atoms with E-state index in [4.69, 9.17) is 9.47 Å². The summed E-state index contributed by atoms with van der Waals surface area (Å²) in [6, 6.07) is 14.8. The number of amides is 1. The highest BCUT2D eigenvalue weighted by atomic mass is 16.5. The minimum atomic E-state index is -0.233. The van der Waals surface area contributed by atoms with Crippen LogP contribution < -0.4 is 20.2 Å². The monoisotopic (exact) mass is 327 g/mol. The van der Waals surface area contributed by atoms with E-state index in [0.29, 0.717) is 6.61 Å². The van der Waals surface area contributed by atoms with Gasteiger partial charge in [-0.3, -0.25) is 4.79 Å². The van der Waals surface area contributed by atoms with Crippen LogP contribution in [0.25, 0.3) is 0 Å². The van der Waals surface area contributed by atoms with Crippen LogP contribution in [0, 0.1) is 0 Å². The molecule has 0 radical (unpaired) electrons. The van der Waals surface area contributed by atoms with E-state index in [1.54, 1.807) is 13.3 Å². The second kappa shape index (κ2) is 9.19. The van der Waals surface area contributed by atoms with Gasteiger partial charge in [0.2, 0.25) is 0 Å². The number of hydrogen-bond acceptors (Lipinski definition) is 5. The second-order valence-corrected chi connectivity index (χ2v) is 4.88. The predicted molar refractivity (Wildman–Crippen MR) is 94.8 cm³/mol. The van der Waals surface area contributed by atoms with Crippen molar-refractivity contribution in [2.75, 3.05) is 25.6 Å². The molecule has 2 N–H and O–H groups in total. The molecule has 0 bridgehead atoms. The van der Waals surface area contributed by atoms with Crippen molar-refractivity contribution in [3.8, 4) is 11.5 Å².